The van der Waals surface area contributed by atoms with E-state index in [0.29, 0.717) is 5.95 Å². The molecule has 7 nitrogen and oxygen atoms in total. The van der Waals surface area contributed by atoms with Gasteiger partial charge in [-0.15, -0.1) is 0 Å². The van der Waals surface area contributed by atoms with Crippen LogP contribution < -0.4 is 10.8 Å². The second-order valence-corrected chi connectivity index (χ2v) is 1.97. The Morgan fingerprint density at radius 2 is 2.50 bits per heavy atom. The Hall–Kier alpha value is -1.63. The van der Waals surface area contributed by atoms with Gasteiger partial charge >= 0.3 is 6.03 Å². The standard InChI is InChI=1S/C5H9N5O2/c1-10-4(6-3-7-10)8-5(11)9-12-2/h3H,1-2H3,(H2,6,7,8,9,11). The van der Waals surface area contributed by atoms with Crippen LogP contribution in [0.25, 0.3) is 0 Å². The number of carbonyl (C=O) groups excluding carboxylic acids is 1. The van der Waals surface area contributed by atoms with Crippen LogP contribution in [0.15, 0.2) is 6.33 Å². The van der Waals surface area contributed by atoms with Gasteiger partial charge in [-0.3, -0.25) is 10.2 Å². The number of aromatic nitrogens is 3. The Kier molecular flexibility index (Phi) is 2.59. The number of carbonyl (C=O) groups is 1. The van der Waals surface area contributed by atoms with Crippen molar-refractivity contribution in [3.63, 3.8) is 0 Å². The summed E-state index contributed by atoms with van der Waals surface area (Å²) in [4.78, 5) is 19.0. The molecule has 1 rings (SSSR count). The van der Waals surface area contributed by atoms with Crippen molar-refractivity contribution in [1.29, 1.82) is 0 Å². The maximum Gasteiger partial charge on any atom is 0.345 e. The summed E-state index contributed by atoms with van der Waals surface area (Å²) in [5.41, 5.74) is 2.08. The monoisotopic (exact) mass is 171 g/mol. The maximum atomic E-state index is 10.8. The van der Waals surface area contributed by atoms with Gasteiger partial charge in [0.1, 0.15) is 6.33 Å². The fourth-order valence-electron chi connectivity index (χ4n) is 0.629. The Morgan fingerprint density at radius 3 is 3.00 bits per heavy atom. The molecular formula is C5H9N5O2. The number of anilines is 1. The van der Waals surface area contributed by atoms with Crippen LogP contribution >= 0.6 is 0 Å². The number of amides is 2. The largest absolute Gasteiger partial charge is 0.345 e. The zero-order valence-corrected chi connectivity index (χ0v) is 6.74. The van der Waals surface area contributed by atoms with Gasteiger partial charge in [0.05, 0.1) is 7.11 Å². The van der Waals surface area contributed by atoms with E-state index in [1.54, 1.807) is 7.05 Å². The highest BCUT2D eigenvalue weighted by molar-refractivity contribution is 5.86. The Labute approximate surface area is 68.7 Å². The van der Waals surface area contributed by atoms with Crippen LogP contribution in [-0.2, 0) is 11.9 Å². The summed E-state index contributed by atoms with van der Waals surface area (Å²) in [5.74, 6) is 0.351. The fraction of sp³-hybridized carbons (Fsp3) is 0.400. The quantitative estimate of drug-likeness (QED) is 0.587. The molecule has 7 heteroatoms. The van der Waals surface area contributed by atoms with Gasteiger partial charge in [-0.1, -0.05) is 0 Å². The van der Waals surface area contributed by atoms with Gasteiger partial charge in [-0.2, -0.15) is 10.1 Å². The number of nitrogens with zero attached hydrogens (tertiary/aromatic N) is 3. The topological polar surface area (TPSA) is 81.1 Å². The third-order valence-corrected chi connectivity index (χ3v) is 1.13. The van der Waals surface area contributed by atoms with E-state index in [2.05, 4.69) is 25.7 Å². The van der Waals surface area contributed by atoms with E-state index < -0.39 is 6.03 Å². The van der Waals surface area contributed by atoms with Crippen molar-refractivity contribution in [3.8, 4) is 0 Å². The van der Waals surface area contributed by atoms with Crippen LogP contribution in [0.1, 0.15) is 0 Å². The molecule has 0 bridgehead atoms. The van der Waals surface area contributed by atoms with Crippen LogP contribution in [0.3, 0.4) is 0 Å². The summed E-state index contributed by atoms with van der Waals surface area (Å²) in [7, 11) is 3.01. The van der Waals surface area contributed by atoms with E-state index in [4.69, 9.17) is 0 Å². The highest BCUT2D eigenvalue weighted by atomic mass is 16.6. The fourth-order valence-corrected chi connectivity index (χ4v) is 0.629. The molecule has 0 spiro atoms. The SMILES string of the molecule is CONC(=O)Nc1ncnn1C. The number of urea groups is 1. The van der Waals surface area contributed by atoms with Crippen molar-refractivity contribution in [2.24, 2.45) is 7.05 Å². The van der Waals surface area contributed by atoms with E-state index >= 15 is 0 Å². The summed E-state index contributed by atoms with van der Waals surface area (Å²) in [6.45, 7) is 0. The lowest BCUT2D eigenvalue weighted by Gasteiger charge is -2.02. The summed E-state index contributed by atoms with van der Waals surface area (Å²) < 4.78 is 1.43. The molecule has 0 atom stereocenters. The summed E-state index contributed by atoms with van der Waals surface area (Å²) >= 11 is 0. The van der Waals surface area contributed by atoms with Gasteiger partial charge < -0.3 is 0 Å². The molecule has 0 aliphatic rings. The lowest BCUT2D eigenvalue weighted by atomic mass is 10.9. The molecule has 2 amide bonds. The minimum Gasteiger partial charge on any atom is -0.276 e. The molecule has 0 saturated heterocycles. The first-order valence-electron chi connectivity index (χ1n) is 3.18. The zero-order valence-electron chi connectivity index (χ0n) is 6.74. The Morgan fingerprint density at radius 1 is 1.75 bits per heavy atom. The van der Waals surface area contributed by atoms with Crippen LogP contribution in [0.2, 0.25) is 0 Å². The molecule has 1 aromatic heterocycles. The summed E-state index contributed by atoms with van der Waals surface area (Å²) in [6, 6.07) is -0.492. The van der Waals surface area contributed by atoms with E-state index in [9.17, 15) is 4.79 Å². The molecule has 0 unspecified atom stereocenters. The molecule has 1 heterocycles. The highest BCUT2D eigenvalue weighted by Gasteiger charge is 2.04. The van der Waals surface area contributed by atoms with Crippen molar-refractivity contribution in [1.82, 2.24) is 20.2 Å². The second kappa shape index (κ2) is 3.67. The van der Waals surface area contributed by atoms with Gasteiger partial charge in [-0.05, 0) is 0 Å². The number of hydrogen-bond acceptors (Lipinski definition) is 4. The van der Waals surface area contributed by atoms with Gasteiger partial charge in [0.15, 0.2) is 0 Å². The second-order valence-electron chi connectivity index (χ2n) is 1.97. The zero-order chi connectivity index (χ0) is 8.97. The molecule has 0 radical (unpaired) electrons. The number of nitrogens with one attached hydrogen (secondary N) is 2. The van der Waals surface area contributed by atoms with Gasteiger partial charge in [0, 0.05) is 7.05 Å². The van der Waals surface area contributed by atoms with E-state index in [0.717, 1.165) is 0 Å². The predicted octanol–water partition coefficient (Wildman–Crippen LogP) is -0.502. The Bertz CT molecular complexity index is 271. The first-order valence-corrected chi connectivity index (χ1v) is 3.18. The Balaban J connectivity index is 2.52. The van der Waals surface area contributed by atoms with Crippen molar-refractivity contribution >= 4 is 12.0 Å². The molecule has 0 aliphatic heterocycles. The van der Waals surface area contributed by atoms with Crippen LogP contribution in [0.4, 0.5) is 10.7 Å². The number of hydroxylamine groups is 1. The van der Waals surface area contributed by atoms with E-state index in [1.807, 2.05) is 0 Å². The smallest absolute Gasteiger partial charge is 0.276 e. The predicted molar refractivity (Wildman–Crippen MR) is 40.2 cm³/mol. The van der Waals surface area contributed by atoms with E-state index in [-0.39, 0.29) is 0 Å². The van der Waals surface area contributed by atoms with Gasteiger partial charge in [0.2, 0.25) is 5.95 Å². The average molecular weight is 171 g/mol. The lowest BCUT2D eigenvalue weighted by molar-refractivity contribution is 0.114. The first-order chi connectivity index (χ1) is 5.74. The van der Waals surface area contributed by atoms with Gasteiger partial charge in [-0.25, -0.2) is 15.0 Å². The third-order valence-electron chi connectivity index (χ3n) is 1.13. The van der Waals surface area contributed by atoms with Crippen molar-refractivity contribution < 1.29 is 9.63 Å². The molecule has 12 heavy (non-hydrogen) atoms. The van der Waals surface area contributed by atoms with Crippen LogP contribution in [0, 0.1) is 0 Å². The average Bonchev–Trinajstić information content (AvgIpc) is 2.37. The number of hydrogen-bond donors (Lipinski definition) is 2. The van der Waals surface area contributed by atoms with Crippen molar-refractivity contribution in [2.45, 2.75) is 0 Å². The lowest BCUT2D eigenvalue weighted by Crippen LogP contribution is -2.28. The molecule has 2 N–H and O–H groups in total. The van der Waals surface area contributed by atoms with Crippen molar-refractivity contribution in [2.75, 3.05) is 12.4 Å². The molecular weight excluding hydrogens is 162 g/mol. The molecule has 0 aromatic carbocycles. The van der Waals surface area contributed by atoms with Gasteiger partial charge in [0.25, 0.3) is 0 Å². The molecule has 0 saturated carbocycles. The molecule has 0 fully saturated rings. The molecule has 66 valence electrons. The summed E-state index contributed by atoms with van der Waals surface area (Å²) in [5, 5.41) is 6.16. The maximum absolute atomic E-state index is 10.8. The highest BCUT2D eigenvalue weighted by Crippen LogP contribution is 1.95. The minimum absolute atomic E-state index is 0.351. The normalized spacial score (nSPS) is 9.50. The number of rotatable bonds is 2. The van der Waals surface area contributed by atoms with Crippen LogP contribution in [-0.4, -0.2) is 27.9 Å². The van der Waals surface area contributed by atoms with Crippen LogP contribution in [0.5, 0.6) is 0 Å². The molecule has 0 aliphatic carbocycles. The van der Waals surface area contributed by atoms with Crippen molar-refractivity contribution in [3.05, 3.63) is 6.33 Å². The molecule has 1 aromatic rings. The first kappa shape index (κ1) is 8.47. The third kappa shape index (κ3) is 1.92. The number of aryl methyl sites for hydroxylation is 1. The summed E-state index contributed by atoms with van der Waals surface area (Å²) in [6.07, 6.45) is 1.34. The van der Waals surface area contributed by atoms with E-state index in [1.165, 1.54) is 18.1 Å². The minimum atomic E-state index is -0.492.